The Bertz CT molecular complexity index is 1120. The van der Waals surface area contributed by atoms with Crippen LogP contribution in [0.25, 0.3) is 5.69 Å². The van der Waals surface area contributed by atoms with Crippen LogP contribution in [-0.4, -0.2) is 31.7 Å². The van der Waals surface area contributed by atoms with Gasteiger partial charge >= 0.3 is 12.1 Å². The number of hydrogen-bond acceptors (Lipinski definition) is 4. The molecule has 0 atom stereocenters. The summed E-state index contributed by atoms with van der Waals surface area (Å²) in [4.78, 5) is 26.8. The SMILES string of the molecule is Cc1cc(C)n(-c2ccc(CNC(=O)c3ccnc(C(=O)O)c3)c(C(F)(F)F)c2)n1. The number of alkyl halides is 3. The molecule has 0 aliphatic carbocycles. The van der Waals surface area contributed by atoms with Crippen LogP contribution in [-0.2, 0) is 12.7 Å². The summed E-state index contributed by atoms with van der Waals surface area (Å²) in [5.74, 6) is -2.03. The van der Waals surface area contributed by atoms with Crippen molar-refractivity contribution in [3.8, 4) is 5.69 Å². The van der Waals surface area contributed by atoms with Crippen LogP contribution in [0.1, 0.15) is 43.4 Å². The Balaban J connectivity index is 1.87. The molecule has 0 saturated carbocycles. The molecule has 2 aromatic heterocycles. The van der Waals surface area contributed by atoms with E-state index in [-0.39, 0.29) is 22.5 Å². The Morgan fingerprint density at radius 1 is 1.13 bits per heavy atom. The molecule has 7 nitrogen and oxygen atoms in total. The highest BCUT2D eigenvalue weighted by molar-refractivity contribution is 5.96. The van der Waals surface area contributed by atoms with Gasteiger partial charge in [0, 0.05) is 24.0 Å². The number of halogens is 3. The van der Waals surface area contributed by atoms with Crippen molar-refractivity contribution >= 4 is 11.9 Å². The van der Waals surface area contributed by atoms with E-state index < -0.39 is 30.2 Å². The molecule has 156 valence electrons. The molecule has 0 aliphatic heterocycles. The number of aromatic carboxylic acids is 1. The first kappa shape index (κ1) is 21.0. The lowest BCUT2D eigenvalue weighted by Crippen LogP contribution is -2.25. The molecule has 2 N–H and O–H groups in total. The zero-order chi connectivity index (χ0) is 22.1. The van der Waals surface area contributed by atoms with E-state index in [2.05, 4.69) is 15.4 Å². The zero-order valence-electron chi connectivity index (χ0n) is 16.0. The molecule has 10 heteroatoms. The van der Waals surface area contributed by atoms with Crippen LogP contribution in [0.5, 0.6) is 0 Å². The monoisotopic (exact) mass is 418 g/mol. The third-order valence-corrected chi connectivity index (χ3v) is 4.33. The van der Waals surface area contributed by atoms with E-state index in [1.54, 1.807) is 19.9 Å². The maximum Gasteiger partial charge on any atom is 0.416 e. The minimum absolute atomic E-state index is 0.0183. The van der Waals surface area contributed by atoms with Crippen molar-refractivity contribution in [2.45, 2.75) is 26.6 Å². The van der Waals surface area contributed by atoms with E-state index in [0.717, 1.165) is 18.3 Å². The second kappa shape index (κ2) is 7.97. The second-order valence-corrected chi connectivity index (χ2v) is 6.60. The Labute approximate surface area is 169 Å². The molecule has 3 aromatic rings. The van der Waals surface area contributed by atoms with Gasteiger partial charge in [0.2, 0.25) is 0 Å². The fourth-order valence-electron chi connectivity index (χ4n) is 2.97. The van der Waals surface area contributed by atoms with Crippen LogP contribution >= 0.6 is 0 Å². The largest absolute Gasteiger partial charge is 0.477 e. The molecule has 1 aromatic carbocycles. The Morgan fingerprint density at radius 2 is 1.87 bits per heavy atom. The van der Waals surface area contributed by atoms with Crippen LogP contribution in [0.2, 0.25) is 0 Å². The molecule has 0 radical (unpaired) electrons. The number of carbonyl (C=O) groups excluding carboxylic acids is 1. The van der Waals surface area contributed by atoms with Gasteiger partial charge in [-0.2, -0.15) is 18.3 Å². The molecule has 0 unspecified atom stereocenters. The molecule has 0 aliphatic rings. The smallest absolute Gasteiger partial charge is 0.416 e. The minimum Gasteiger partial charge on any atom is -0.477 e. The first-order valence-corrected chi connectivity index (χ1v) is 8.77. The summed E-state index contributed by atoms with van der Waals surface area (Å²) < 4.78 is 42.3. The third-order valence-electron chi connectivity index (χ3n) is 4.33. The highest BCUT2D eigenvalue weighted by Crippen LogP contribution is 2.33. The van der Waals surface area contributed by atoms with Crippen LogP contribution in [0, 0.1) is 13.8 Å². The number of aryl methyl sites for hydroxylation is 2. The van der Waals surface area contributed by atoms with Gasteiger partial charge in [0.15, 0.2) is 0 Å². The van der Waals surface area contributed by atoms with Crippen molar-refractivity contribution < 1.29 is 27.9 Å². The maximum atomic E-state index is 13.6. The topological polar surface area (TPSA) is 97.1 Å². The van der Waals surface area contributed by atoms with Crippen molar-refractivity contribution in [2.75, 3.05) is 0 Å². The van der Waals surface area contributed by atoms with Crippen molar-refractivity contribution in [2.24, 2.45) is 0 Å². The van der Waals surface area contributed by atoms with Gasteiger partial charge in [-0.15, -0.1) is 0 Å². The molecule has 2 heterocycles. The molecule has 1 amide bonds. The number of aromatic nitrogens is 3. The number of benzene rings is 1. The van der Waals surface area contributed by atoms with Crippen molar-refractivity contribution in [3.05, 3.63) is 76.4 Å². The van der Waals surface area contributed by atoms with Gasteiger partial charge in [-0.05, 0) is 49.7 Å². The fourth-order valence-corrected chi connectivity index (χ4v) is 2.97. The predicted octanol–water partition coefficient (Wildman–Crippen LogP) is 3.53. The summed E-state index contributed by atoms with van der Waals surface area (Å²) in [5, 5.41) is 15.5. The number of rotatable bonds is 5. The first-order valence-electron chi connectivity index (χ1n) is 8.77. The van der Waals surface area contributed by atoms with E-state index >= 15 is 0 Å². The molecular weight excluding hydrogens is 401 g/mol. The minimum atomic E-state index is -4.64. The highest BCUT2D eigenvalue weighted by Gasteiger charge is 2.34. The number of carbonyl (C=O) groups is 2. The molecular formula is C20H17F3N4O3. The number of nitrogens with one attached hydrogen (secondary N) is 1. The van der Waals surface area contributed by atoms with Gasteiger partial charge in [0.1, 0.15) is 5.69 Å². The predicted molar refractivity (Wildman–Crippen MR) is 100 cm³/mol. The Kier molecular flexibility index (Phi) is 5.59. The maximum absolute atomic E-state index is 13.6. The first-order chi connectivity index (χ1) is 14.1. The number of hydrogen-bond donors (Lipinski definition) is 2. The van der Waals surface area contributed by atoms with Gasteiger partial charge < -0.3 is 10.4 Å². The van der Waals surface area contributed by atoms with E-state index in [0.29, 0.717) is 11.4 Å². The van der Waals surface area contributed by atoms with E-state index in [4.69, 9.17) is 5.11 Å². The van der Waals surface area contributed by atoms with Crippen molar-refractivity contribution in [1.82, 2.24) is 20.1 Å². The Morgan fingerprint density at radius 3 is 2.47 bits per heavy atom. The number of nitrogens with zero attached hydrogens (tertiary/aromatic N) is 3. The van der Waals surface area contributed by atoms with Crippen LogP contribution in [0.15, 0.2) is 42.6 Å². The van der Waals surface area contributed by atoms with Crippen LogP contribution < -0.4 is 5.32 Å². The number of pyridine rings is 1. The highest BCUT2D eigenvalue weighted by atomic mass is 19.4. The quantitative estimate of drug-likeness (QED) is 0.661. The van der Waals surface area contributed by atoms with Gasteiger partial charge in [0.05, 0.1) is 16.9 Å². The van der Waals surface area contributed by atoms with E-state index in [9.17, 15) is 22.8 Å². The lowest BCUT2D eigenvalue weighted by atomic mass is 10.1. The van der Waals surface area contributed by atoms with Crippen LogP contribution in [0.3, 0.4) is 0 Å². The van der Waals surface area contributed by atoms with Crippen LogP contribution in [0.4, 0.5) is 13.2 Å². The number of carboxylic acids is 1. The van der Waals surface area contributed by atoms with Gasteiger partial charge in [-0.25, -0.2) is 14.5 Å². The summed E-state index contributed by atoms with van der Waals surface area (Å²) >= 11 is 0. The number of carboxylic acid groups (broad SMARTS) is 1. The summed E-state index contributed by atoms with van der Waals surface area (Å²) in [6, 6.07) is 7.83. The second-order valence-electron chi connectivity index (χ2n) is 6.60. The summed E-state index contributed by atoms with van der Waals surface area (Å²) in [5.41, 5.74) is 0.234. The summed E-state index contributed by atoms with van der Waals surface area (Å²) in [6.07, 6.45) is -3.50. The molecule has 30 heavy (non-hydrogen) atoms. The van der Waals surface area contributed by atoms with Gasteiger partial charge in [-0.3, -0.25) is 4.79 Å². The molecule has 0 saturated heterocycles. The van der Waals surface area contributed by atoms with Crippen molar-refractivity contribution in [3.63, 3.8) is 0 Å². The van der Waals surface area contributed by atoms with E-state index in [1.165, 1.54) is 22.9 Å². The number of amides is 1. The zero-order valence-corrected chi connectivity index (χ0v) is 16.0. The summed E-state index contributed by atoms with van der Waals surface area (Å²) in [7, 11) is 0. The average Bonchev–Trinajstić information content (AvgIpc) is 3.03. The Hall–Kier alpha value is -3.69. The van der Waals surface area contributed by atoms with E-state index in [1.807, 2.05) is 0 Å². The van der Waals surface area contributed by atoms with Gasteiger partial charge in [-0.1, -0.05) is 6.07 Å². The normalized spacial score (nSPS) is 11.4. The van der Waals surface area contributed by atoms with Gasteiger partial charge in [0.25, 0.3) is 5.91 Å². The molecule has 0 bridgehead atoms. The lowest BCUT2D eigenvalue weighted by Gasteiger charge is -2.16. The average molecular weight is 418 g/mol. The molecule has 0 fully saturated rings. The summed E-state index contributed by atoms with van der Waals surface area (Å²) in [6.45, 7) is 3.09. The fraction of sp³-hybridized carbons (Fsp3) is 0.200. The lowest BCUT2D eigenvalue weighted by molar-refractivity contribution is -0.138. The standard InChI is InChI=1S/C20H17F3N4O3/c1-11-7-12(2)27(26-11)15-4-3-14(16(9-15)20(21,22)23)10-25-18(28)13-5-6-24-17(8-13)19(29)30/h3-9H,10H2,1-2H3,(H,25,28)(H,29,30). The molecule has 3 rings (SSSR count). The van der Waals surface area contributed by atoms with Crippen molar-refractivity contribution in [1.29, 1.82) is 0 Å². The molecule has 0 spiro atoms. The third kappa shape index (κ3) is 4.48.